The van der Waals surface area contributed by atoms with Crippen molar-refractivity contribution in [3.63, 3.8) is 0 Å². The van der Waals surface area contributed by atoms with E-state index in [0.29, 0.717) is 11.1 Å². The van der Waals surface area contributed by atoms with Crippen molar-refractivity contribution in [2.45, 2.75) is 37.6 Å². The third-order valence-corrected chi connectivity index (χ3v) is 6.46. The molecule has 0 amide bonds. The molecule has 0 aliphatic carbocycles. The van der Waals surface area contributed by atoms with E-state index < -0.39 is 16.0 Å². The van der Waals surface area contributed by atoms with Gasteiger partial charge in [0, 0.05) is 18.7 Å². The molecule has 0 spiro atoms. The predicted octanol–water partition coefficient (Wildman–Crippen LogP) is 2.71. The van der Waals surface area contributed by atoms with Gasteiger partial charge in [-0.3, -0.25) is 0 Å². The fourth-order valence-corrected chi connectivity index (χ4v) is 4.81. The summed E-state index contributed by atoms with van der Waals surface area (Å²) in [5, 5.41) is 9.09. The predicted molar refractivity (Wildman–Crippen MR) is 105 cm³/mol. The zero-order valence-corrected chi connectivity index (χ0v) is 17.1. The van der Waals surface area contributed by atoms with Crippen molar-refractivity contribution in [2.24, 2.45) is 0 Å². The molecule has 1 aliphatic rings. The number of ether oxygens (including phenoxy) is 2. The van der Waals surface area contributed by atoms with E-state index in [4.69, 9.17) is 14.7 Å². The van der Waals surface area contributed by atoms with Crippen molar-refractivity contribution in [2.75, 3.05) is 13.1 Å². The van der Waals surface area contributed by atoms with Gasteiger partial charge in [-0.1, -0.05) is 18.2 Å². The van der Waals surface area contributed by atoms with Crippen molar-refractivity contribution in [3.8, 4) is 6.07 Å². The number of rotatable bonds is 5. The Hall–Kier alpha value is -2.73. The van der Waals surface area contributed by atoms with Gasteiger partial charge in [-0.15, -0.1) is 0 Å². The molecule has 1 aliphatic heterocycles. The number of sulfonamides is 1. The monoisotopic (exact) mass is 414 g/mol. The third kappa shape index (κ3) is 4.82. The van der Waals surface area contributed by atoms with Gasteiger partial charge in [0.05, 0.1) is 34.3 Å². The van der Waals surface area contributed by atoms with Crippen LogP contribution < -0.4 is 0 Å². The number of carbonyl (C=O) groups is 1. The molecular weight excluding hydrogens is 392 g/mol. The lowest BCUT2D eigenvalue weighted by Crippen LogP contribution is -2.48. The number of hydrogen-bond acceptors (Lipinski definition) is 6. The van der Waals surface area contributed by atoms with Gasteiger partial charge >= 0.3 is 5.97 Å². The standard InChI is InChI=1S/C21H22N2O5S/c1-15-12-23(13-16(2)28-15)29(25,26)20-9-7-17(8-10-20)21(24)27-14-19-6-4-3-5-18(19)11-22/h3-10,15-16H,12-14H2,1-2H3/t15-,16-/m0/s1. The van der Waals surface area contributed by atoms with Crippen LogP contribution in [0.1, 0.15) is 35.3 Å². The molecule has 0 saturated carbocycles. The topological polar surface area (TPSA) is 96.7 Å². The third-order valence-electron chi connectivity index (χ3n) is 4.61. The lowest BCUT2D eigenvalue weighted by Gasteiger charge is -2.34. The molecule has 0 N–H and O–H groups in total. The van der Waals surface area contributed by atoms with Gasteiger partial charge in [-0.2, -0.15) is 9.57 Å². The zero-order valence-electron chi connectivity index (χ0n) is 16.2. The van der Waals surface area contributed by atoms with E-state index in [9.17, 15) is 13.2 Å². The van der Waals surface area contributed by atoms with Crippen LogP contribution in [-0.4, -0.2) is 44.0 Å². The Bertz CT molecular complexity index is 1020. The second-order valence-electron chi connectivity index (χ2n) is 6.95. The number of hydrogen-bond donors (Lipinski definition) is 0. The van der Waals surface area contributed by atoms with E-state index >= 15 is 0 Å². The van der Waals surface area contributed by atoms with E-state index in [1.165, 1.54) is 28.6 Å². The van der Waals surface area contributed by atoms with Crippen LogP contribution >= 0.6 is 0 Å². The first kappa shape index (κ1) is 21.0. The first-order valence-electron chi connectivity index (χ1n) is 9.22. The molecule has 2 aromatic carbocycles. The van der Waals surface area contributed by atoms with E-state index in [1.54, 1.807) is 24.3 Å². The second kappa shape index (κ2) is 8.74. The van der Waals surface area contributed by atoms with Crippen LogP contribution in [0.2, 0.25) is 0 Å². The van der Waals surface area contributed by atoms with Crippen LogP contribution in [0.25, 0.3) is 0 Å². The Morgan fingerprint density at radius 1 is 1.14 bits per heavy atom. The Morgan fingerprint density at radius 2 is 1.76 bits per heavy atom. The fraction of sp³-hybridized carbons (Fsp3) is 0.333. The summed E-state index contributed by atoms with van der Waals surface area (Å²) in [6, 6.07) is 14.6. The van der Waals surface area contributed by atoms with Crippen LogP contribution in [0.3, 0.4) is 0 Å². The molecule has 1 heterocycles. The number of esters is 1. The number of nitrogens with zero attached hydrogens (tertiary/aromatic N) is 2. The van der Waals surface area contributed by atoms with Gasteiger partial charge in [0.15, 0.2) is 0 Å². The maximum absolute atomic E-state index is 12.9. The lowest BCUT2D eigenvalue weighted by atomic mass is 10.1. The van der Waals surface area contributed by atoms with Crippen molar-refractivity contribution in [1.82, 2.24) is 4.31 Å². The second-order valence-corrected chi connectivity index (χ2v) is 8.89. The highest BCUT2D eigenvalue weighted by Crippen LogP contribution is 2.22. The number of morpholine rings is 1. The summed E-state index contributed by atoms with van der Waals surface area (Å²) in [5.74, 6) is -0.588. The molecule has 2 atom stereocenters. The largest absolute Gasteiger partial charge is 0.457 e. The van der Waals surface area contributed by atoms with Crippen molar-refractivity contribution >= 4 is 16.0 Å². The van der Waals surface area contributed by atoms with Crippen molar-refractivity contribution < 1.29 is 22.7 Å². The minimum atomic E-state index is -3.67. The van der Waals surface area contributed by atoms with Crippen LogP contribution in [0.5, 0.6) is 0 Å². The molecule has 0 aromatic heterocycles. The van der Waals surface area contributed by atoms with Gasteiger partial charge in [0.25, 0.3) is 0 Å². The smallest absolute Gasteiger partial charge is 0.338 e. The average molecular weight is 414 g/mol. The Morgan fingerprint density at radius 3 is 2.38 bits per heavy atom. The Kier molecular flexibility index (Phi) is 6.33. The molecule has 0 radical (unpaired) electrons. The fourth-order valence-electron chi connectivity index (χ4n) is 3.22. The normalized spacial score (nSPS) is 20.0. The van der Waals surface area contributed by atoms with E-state index in [2.05, 4.69) is 0 Å². The summed E-state index contributed by atoms with van der Waals surface area (Å²) in [6.45, 7) is 4.21. The average Bonchev–Trinajstić information content (AvgIpc) is 2.71. The van der Waals surface area contributed by atoms with Crippen molar-refractivity contribution in [3.05, 3.63) is 65.2 Å². The molecule has 1 saturated heterocycles. The van der Waals surface area contributed by atoms with Crippen LogP contribution in [0.4, 0.5) is 0 Å². The summed E-state index contributed by atoms with van der Waals surface area (Å²) in [7, 11) is -3.67. The SMILES string of the molecule is C[C@H]1CN(S(=O)(=O)c2ccc(C(=O)OCc3ccccc3C#N)cc2)C[C@H](C)O1. The molecule has 8 heteroatoms. The minimum Gasteiger partial charge on any atom is -0.457 e. The summed E-state index contributed by atoms with van der Waals surface area (Å²) in [4.78, 5) is 12.4. The van der Waals surface area contributed by atoms with Crippen molar-refractivity contribution in [1.29, 1.82) is 5.26 Å². The van der Waals surface area contributed by atoms with Crippen LogP contribution in [-0.2, 0) is 26.1 Å². The maximum Gasteiger partial charge on any atom is 0.338 e. The maximum atomic E-state index is 12.9. The highest BCUT2D eigenvalue weighted by Gasteiger charge is 2.32. The summed E-state index contributed by atoms with van der Waals surface area (Å²) in [5.41, 5.74) is 1.29. The Balaban J connectivity index is 1.69. The molecule has 152 valence electrons. The summed E-state index contributed by atoms with van der Waals surface area (Å²) >= 11 is 0. The van der Waals surface area contributed by atoms with Crippen LogP contribution in [0.15, 0.2) is 53.4 Å². The number of carbonyl (C=O) groups excluding carboxylic acids is 1. The summed E-state index contributed by atoms with van der Waals surface area (Å²) < 4.78 is 38.0. The number of benzene rings is 2. The highest BCUT2D eigenvalue weighted by atomic mass is 32.2. The highest BCUT2D eigenvalue weighted by molar-refractivity contribution is 7.89. The molecule has 0 bridgehead atoms. The van der Waals surface area contributed by atoms with E-state index in [0.717, 1.165) is 0 Å². The molecule has 7 nitrogen and oxygen atoms in total. The summed E-state index contributed by atoms with van der Waals surface area (Å²) in [6.07, 6.45) is -0.363. The first-order chi connectivity index (χ1) is 13.8. The lowest BCUT2D eigenvalue weighted by molar-refractivity contribution is -0.0440. The minimum absolute atomic E-state index is 0.0355. The van der Waals surface area contributed by atoms with E-state index in [-0.39, 0.29) is 42.4 Å². The molecule has 3 rings (SSSR count). The van der Waals surface area contributed by atoms with E-state index in [1.807, 2.05) is 19.9 Å². The quantitative estimate of drug-likeness (QED) is 0.698. The molecular formula is C21H22N2O5S. The zero-order chi connectivity index (χ0) is 21.0. The molecule has 0 unspecified atom stereocenters. The van der Waals surface area contributed by atoms with Gasteiger partial charge < -0.3 is 9.47 Å². The molecule has 2 aromatic rings. The Labute approximate surface area is 170 Å². The van der Waals surface area contributed by atoms with Gasteiger partial charge in [-0.05, 0) is 44.2 Å². The van der Waals surface area contributed by atoms with Gasteiger partial charge in [0.1, 0.15) is 6.61 Å². The van der Waals surface area contributed by atoms with Crippen LogP contribution in [0, 0.1) is 11.3 Å². The van der Waals surface area contributed by atoms with Gasteiger partial charge in [0.2, 0.25) is 10.0 Å². The molecule has 1 fully saturated rings. The first-order valence-corrected chi connectivity index (χ1v) is 10.7. The molecule has 29 heavy (non-hydrogen) atoms. The van der Waals surface area contributed by atoms with Gasteiger partial charge in [-0.25, -0.2) is 13.2 Å². The number of nitriles is 1.